The molecule has 1 saturated heterocycles. The second-order valence-electron chi connectivity index (χ2n) is 9.49. The minimum atomic E-state index is -0.293. The highest BCUT2D eigenvalue weighted by Gasteiger charge is 2.16. The summed E-state index contributed by atoms with van der Waals surface area (Å²) >= 11 is 0. The largest absolute Gasteiger partial charge is 0.456 e. The average Bonchev–Trinajstić information content (AvgIpc) is 3.39. The fraction of sp³-hybridized carbons (Fsp3) is 0.200. The molecule has 1 amide bonds. The Kier molecular flexibility index (Phi) is 6.78. The van der Waals surface area contributed by atoms with Crippen LogP contribution in [0, 0.1) is 0 Å². The zero-order valence-corrected chi connectivity index (χ0v) is 20.9. The van der Waals surface area contributed by atoms with E-state index in [1.165, 1.54) is 19.3 Å². The second kappa shape index (κ2) is 10.8. The second-order valence-corrected chi connectivity index (χ2v) is 9.49. The number of nitrogens with one attached hydrogen (secondary N) is 2. The van der Waals surface area contributed by atoms with Gasteiger partial charge in [-0.15, -0.1) is 0 Å². The summed E-state index contributed by atoms with van der Waals surface area (Å²) in [6, 6.07) is 21.2. The van der Waals surface area contributed by atoms with Gasteiger partial charge < -0.3 is 10.1 Å². The van der Waals surface area contributed by atoms with Gasteiger partial charge in [-0.2, -0.15) is 5.10 Å². The average molecular weight is 505 g/mol. The first-order valence-electron chi connectivity index (χ1n) is 12.9. The number of aromatic amines is 1. The van der Waals surface area contributed by atoms with Gasteiger partial charge in [0, 0.05) is 23.7 Å². The molecule has 0 bridgehead atoms. The third-order valence-electron chi connectivity index (χ3n) is 6.72. The van der Waals surface area contributed by atoms with Gasteiger partial charge in [0.05, 0.1) is 29.3 Å². The summed E-state index contributed by atoms with van der Waals surface area (Å²) < 4.78 is 5.94. The molecule has 2 N–H and O–H groups in total. The maximum atomic E-state index is 13.1. The summed E-state index contributed by atoms with van der Waals surface area (Å²) in [5.74, 6) is 1.08. The van der Waals surface area contributed by atoms with Crippen molar-refractivity contribution in [2.75, 3.05) is 18.4 Å². The van der Waals surface area contributed by atoms with E-state index in [-0.39, 0.29) is 5.91 Å². The molecule has 0 saturated carbocycles. The van der Waals surface area contributed by atoms with Crippen LogP contribution < -0.4 is 10.1 Å². The monoisotopic (exact) mass is 504 g/mol. The summed E-state index contributed by atoms with van der Waals surface area (Å²) in [4.78, 5) is 24.5. The number of pyridine rings is 2. The van der Waals surface area contributed by atoms with E-state index >= 15 is 0 Å². The number of aromatic nitrogens is 4. The van der Waals surface area contributed by atoms with Gasteiger partial charge in [-0.25, -0.2) is 0 Å². The number of fused-ring (bicyclic) bond motifs is 1. The lowest BCUT2D eigenvalue weighted by Gasteiger charge is -2.25. The van der Waals surface area contributed by atoms with Crippen molar-refractivity contribution in [1.82, 2.24) is 25.1 Å². The number of ether oxygens (including phenoxy) is 1. The molecular formula is C30H28N6O2. The van der Waals surface area contributed by atoms with Crippen molar-refractivity contribution in [3.05, 3.63) is 96.7 Å². The molecule has 4 heterocycles. The number of piperidine rings is 1. The van der Waals surface area contributed by atoms with E-state index in [1.807, 2.05) is 66.7 Å². The normalized spacial score (nSPS) is 13.9. The number of rotatable bonds is 7. The number of para-hydroxylation sites is 1. The molecule has 0 radical (unpaired) electrons. The molecule has 0 atom stereocenters. The van der Waals surface area contributed by atoms with E-state index in [9.17, 15) is 4.79 Å². The van der Waals surface area contributed by atoms with Gasteiger partial charge in [-0.05, 0) is 74.0 Å². The lowest BCUT2D eigenvalue weighted by atomic mass is 10.0. The first-order chi connectivity index (χ1) is 18.7. The third-order valence-corrected chi connectivity index (χ3v) is 6.72. The van der Waals surface area contributed by atoms with E-state index in [1.54, 1.807) is 18.6 Å². The van der Waals surface area contributed by atoms with Gasteiger partial charge in [-0.1, -0.05) is 30.7 Å². The van der Waals surface area contributed by atoms with Crippen LogP contribution in [0.4, 0.5) is 5.69 Å². The van der Waals surface area contributed by atoms with Gasteiger partial charge in [0.1, 0.15) is 11.5 Å². The number of benzene rings is 2. The van der Waals surface area contributed by atoms with Crippen molar-refractivity contribution < 1.29 is 9.53 Å². The van der Waals surface area contributed by atoms with Crippen LogP contribution in [0.2, 0.25) is 0 Å². The predicted octanol–water partition coefficient (Wildman–Crippen LogP) is 6.05. The van der Waals surface area contributed by atoms with Crippen molar-refractivity contribution in [2.24, 2.45) is 0 Å². The van der Waals surface area contributed by atoms with Gasteiger partial charge in [0.2, 0.25) is 0 Å². The van der Waals surface area contributed by atoms with Crippen molar-refractivity contribution in [3.8, 4) is 22.6 Å². The van der Waals surface area contributed by atoms with Crippen LogP contribution in [0.25, 0.3) is 22.0 Å². The Labute approximate surface area is 220 Å². The summed E-state index contributed by atoms with van der Waals surface area (Å²) in [5.41, 5.74) is 4.53. The Morgan fingerprint density at radius 2 is 1.76 bits per heavy atom. The van der Waals surface area contributed by atoms with Crippen molar-refractivity contribution in [1.29, 1.82) is 0 Å². The van der Waals surface area contributed by atoms with Crippen LogP contribution in [0.1, 0.15) is 35.4 Å². The summed E-state index contributed by atoms with van der Waals surface area (Å²) in [6.45, 7) is 3.08. The van der Waals surface area contributed by atoms with E-state index < -0.39 is 0 Å². The summed E-state index contributed by atoms with van der Waals surface area (Å²) in [6.07, 6.45) is 8.97. The van der Waals surface area contributed by atoms with Gasteiger partial charge in [0.25, 0.3) is 5.91 Å². The van der Waals surface area contributed by atoms with Crippen LogP contribution >= 0.6 is 0 Å². The molecule has 8 nitrogen and oxygen atoms in total. The van der Waals surface area contributed by atoms with Crippen LogP contribution in [0.3, 0.4) is 0 Å². The minimum absolute atomic E-state index is 0.293. The first kappa shape index (κ1) is 23.8. The quantitative estimate of drug-likeness (QED) is 0.280. The maximum Gasteiger partial charge on any atom is 0.276 e. The predicted molar refractivity (Wildman–Crippen MR) is 147 cm³/mol. The molecule has 8 heteroatoms. The molecular weight excluding hydrogens is 476 g/mol. The Bertz CT molecular complexity index is 1540. The highest BCUT2D eigenvalue weighted by Crippen LogP contribution is 2.29. The van der Waals surface area contributed by atoms with Gasteiger partial charge in [0.15, 0.2) is 5.69 Å². The van der Waals surface area contributed by atoms with Crippen molar-refractivity contribution in [3.63, 3.8) is 0 Å². The zero-order chi connectivity index (χ0) is 25.7. The summed E-state index contributed by atoms with van der Waals surface area (Å²) in [5, 5.41) is 10.9. The van der Waals surface area contributed by atoms with E-state index in [0.717, 1.165) is 53.1 Å². The lowest BCUT2D eigenvalue weighted by molar-refractivity contribution is 0.102. The molecule has 0 spiro atoms. The molecule has 6 rings (SSSR count). The number of nitrogens with zero attached hydrogens (tertiary/aromatic N) is 4. The Balaban J connectivity index is 1.18. The van der Waals surface area contributed by atoms with E-state index in [2.05, 4.69) is 30.4 Å². The van der Waals surface area contributed by atoms with Gasteiger partial charge in [-0.3, -0.25) is 24.8 Å². The van der Waals surface area contributed by atoms with Crippen LogP contribution in [-0.4, -0.2) is 44.1 Å². The molecule has 38 heavy (non-hydrogen) atoms. The fourth-order valence-electron chi connectivity index (χ4n) is 4.75. The number of likely N-dealkylation sites (tertiary alicyclic amines) is 1. The highest BCUT2D eigenvalue weighted by molar-refractivity contribution is 6.11. The van der Waals surface area contributed by atoms with Crippen molar-refractivity contribution >= 4 is 22.5 Å². The first-order valence-corrected chi connectivity index (χ1v) is 12.9. The number of hydrogen-bond acceptors (Lipinski definition) is 6. The Morgan fingerprint density at radius 1 is 0.895 bits per heavy atom. The number of carbonyl (C=O) groups excluding carboxylic acids is 1. The van der Waals surface area contributed by atoms with Crippen LogP contribution in [-0.2, 0) is 6.54 Å². The zero-order valence-electron chi connectivity index (χ0n) is 20.9. The third kappa shape index (κ3) is 5.40. The molecule has 1 aliphatic rings. The Hall–Kier alpha value is -4.56. The smallest absolute Gasteiger partial charge is 0.276 e. The van der Waals surface area contributed by atoms with Crippen LogP contribution in [0.15, 0.2) is 85.3 Å². The van der Waals surface area contributed by atoms with E-state index in [0.29, 0.717) is 17.1 Å². The topological polar surface area (TPSA) is 96.0 Å². The molecule has 5 aromatic rings. The fourth-order valence-corrected chi connectivity index (χ4v) is 4.75. The number of anilines is 1. The number of H-pyrrole nitrogens is 1. The highest BCUT2D eigenvalue weighted by atomic mass is 16.5. The molecule has 2 aromatic carbocycles. The molecule has 0 aliphatic carbocycles. The van der Waals surface area contributed by atoms with Crippen LogP contribution in [0.5, 0.6) is 11.5 Å². The number of hydrogen-bond donors (Lipinski definition) is 2. The molecule has 190 valence electrons. The maximum absolute atomic E-state index is 13.1. The van der Waals surface area contributed by atoms with E-state index in [4.69, 9.17) is 4.74 Å². The molecule has 1 fully saturated rings. The van der Waals surface area contributed by atoms with Gasteiger partial charge >= 0.3 is 0 Å². The molecule has 3 aromatic heterocycles. The lowest BCUT2D eigenvalue weighted by Crippen LogP contribution is -2.29. The summed E-state index contributed by atoms with van der Waals surface area (Å²) in [7, 11) is 0. The molecule has 1 aliphatic heterocycles. The molecule has 0 unspecified atom stereocenters. The number of carbonyl (C=O) groups is 1. The minimum Gasteiger partial charge on any atom is -0.456 e. The SMILES string of the molecule is O=C(Nc1ccc(CN2CCCCC2)nc1)c1n[nH]c2ccc(-c3cncc(Oc4ccccc4)c3)cc12. The standard InChI is InChI=1S/C30H28N6O2/c37-30(33-23-10-11-24(32-18-23)20-36-13-5-2-6-14-36)29-27-16-21(9-12-28(27)34-35-29)22-15-26(19-31-17-22)38-25-7-3-1-4-8-25/h1,3-4,7-12,15-19H,2,5-6,13-14,20H2,(H,33,37)(H,34,35). The van der Waals surface area contributed by atoms with Crippen molar-refractivity contribution in [2.45, 2.75) is 25.8 Å². The Morgan fingerprint density at radius 3 is 2.58 bits per heavy atom. The number of amides is 1.